The number of aromatic nitrogens is 2. The number of benzene rings is 2. The zero-order valence-corrected chi connectivity index (χ0v) is 18.0. The van der Waals surface area contributed by atoms with Crippen LogP contribution in [0.3, 0.4) is 0 Å². The fraction of sp³-hybridized carbons (Fsp3) is 0.261. The monoisotopic (exact) mass is 432 g/mol. The van der Waals surface area contributed by atoms with Crippen LogP contribution in [0.1, 0.15) is 21.6 Å². The highest BCUT2D eigenvalue weighted by molar-refractivity contribution is 5.98. The van der Waals surface area contributed by atoms with Crippen molar-refractivity contribution >= 4 is 29.0 Å². The van der Waals surface area contributed by atoms with E-state index in [-0.39, 0.29) is 17.2 Å². The van der Waals surface area contributed by atoms with Gasteiger partial charge in [-0.3, -0.25) is 14.9 Å². The molecule has 1 saturated heterocycles. The molecule has 1 aliphatic rings. The number of nitrogens with one attached hydrogen (secondary N) is 1. The van der Waals surface area contributed by atoms with Crippen LogP contribution in [0.5, 0.6) is 0 Å². The molecule has 32 heavy (non-hydrogen) atoms. The van der Waals surface area contributed by atoms with Gasteiger partial charge in [0.15, 0.2) is 0 Å². The van der Waals surface area contributed by atoms with Crippen molar-refractivity contribution in [2.24, 2.45) is 0 Å². The molecule has 4 rings (SSSR count). The van der Waals surface area contributed by atoms with E-state index in [1.165, 1.54) is 17.7 Å². The number of nitro benzene ring substituents is 1. The number of para-hydroxylation sites is 1. The lowest BCUT2D eigenvalue weighted by Crippen LogP contribution is -2.49. The number of nitro groups is 1. The van der Waals surface area contributed by atoms with Crippen molar-refractivity contribution in [1.82, 2.24) is 14.9 Å². The lowest BCUT2D eigenvalue weighted by Gasteiger charge is -2.34. The van der Waals surface area contributed by atoms with Gasteiger partial charge in [0.1, 0.15) is 11.4 Å². The van der Waals surface area contributed by atoms with Crippen molar-refractivity contribution in [3.05, 3.63) is 81.5 Å². The summed E-state index contributed by atoms with van der Waals surface area (Å²) in [6.07, 6.45) is 0. The molecular formula is C23H24N6O3. The van der Waals surface area contributed by atoms with E-state index in [1.54, 1.807) is 17.0 Å². The molecule has 9 heteroatoms. The fourth-order valence-electron chi connectivity index (χ4n) is 3.64. The highest BCUT2D eigenvalue weighted by Crippen LogP contribution is 2.23. The summed E-state index contributed by atoms with van der Waals surface area (Å²) >= 11 is 0. The third-order valence-corrected chi connectivity index (χ3v) is 5.35. The molecule has 0 saturated carbocycles. The minimum absolute atomic E-state index is 0.113. The van der Waals surface area contributed by atoms with Gasteiger partial charge in [-0.2, -0.15) is 4.98 Å². The summed E-state index contributed by atoms with van der Waals surface area (Å²) in [5, 5.41) is 14.6. The number of anilines is 3. The molecule has 0 radical (unpaired) electrons. The molecule has 9 nitrogen and oxygen atoms in total. The molecule has 1 amide bonds. The average Bonchev–Trinajstić information content (AvgIpc) is 2.80. The van der Waals surface area contributed by atoms with E-state index < -0.39 is 4.92 Å². The Morgan fingerprint density at radius 1 is 1.00 bits per heavy atom. The largest absolute Gasteiger partial charge is 0.340 e. The van der Waals surface area contributed by atoms with E-state index in [4.69, 9.17) is 0 Å². The second kappa shape index (κ2) is 9.01. The van der Waals surface area contributed by atoms with Crippen LogP contribution < -0.4 is 10.2 Å². The standard InChI is InChI=1S/C23H24N6O3/c1-16-7-9-18(10-8-16)25-21-15-17(2)24-23(26-21)28-13-11-27(12-14-28)22(30)19-5-3-4-6-20(19)29(31)32/h3-10,15H,11-14H2,1-2H3,(H,24,25,26). The van der Waals surface area contributed by atoms with Crippen molar-refractivity contribution in [1.29, 1.82) is 0 Å². The minimum atomic E-state index is -0.521. The van der Waals surface area contributed by atoms with E-state index in [2.05, 4.69) is 15.3 Å². The molecule has 0 spiro atoms. The van der Waals surface area contributed by atoms with Gasteiger partial charge in [-0.25, -0.2) is 4.98 Å². The minimum Gasteiger partial charge on any atom is -0.340 e. The number of carbonyl (C=O) groups is 1. The van der Waals surface area contributed by atoms with Gasteiger partial charge in [-0.15, -0.1) is 0 Å². The molecule has 1 aliphatic heterocycles. The lowest BCUT2D eigenvalue weighted by molar-refractivity contribution is -0.385. The molecule has 164 valence electrons. The zero-order valence-electron chi connectivity index (χ0n) is 18.0. The molecule has 1 N–H and O–H groups in total. The molecule has 2 heterocycles. The van der Waals surface area contributed by atoms with Gasteiger partial charge in [0.05, 0.1) is 4.92 Å². The third-order valence-electron chi connectivity index (χ3n) is 5.35. The van der Waals surface area contributed by atoms with Crippen molar-refractivity contribution in [2.45, 2.75) is 13.8 Å². The number of amides is 1. The molecule has 0 unspecified atom stereocenters. The molecule has 1 aromatic heterocycles. The van der Waals surface area contributed by atoms with Gasteiger partial charge in [-0.05, 0) is 32.0 Å². The van der Waals surface area contributed by atoms with Crippen LogP contribution in [0.25, 0.3) is 0 Å². The number of rotatable bonds is 5. The Morgan fingerprint density at radius 3 is 2.38 bits per heavy atom. The van der Waals surface area contributed by atoms with E-state index >= 15 is 0 Å². The smallest absolute Gasteiger partial charge is 0.282 e. The molecule has 2 aromatic carbocycles. The maximum Gasteiger partial charge on any atom is 0.282 e. The van der Waals surface area contributed by atoms with Crippen molar-refractivity contribution in [2.75, 3.05) is 36.4 Å². The number of hydrogen-bond acceptors (Lipinski definition) is 7. The Morgan fingerprint density at radius 2 is 1.69 bits per heavy atom. The average molecular weight is 432 g/mol. The first kappa shape index (κ1) is 21.2. The predicted molar refractivity (Wildman–Crippen MR) is 122 cm³/mol. The first-order valence-corrected chi connectivity index (χ1v) is 10.4. The summed E-state index contributed by atoms with van der Waals surface area (Å²) in [7, 11) is 0. The number of piperazine rings is 1. The number of hydrogen-bond donors (Lipinski definition) is 1. The molecule has 0 aliphatic carbocycles. The molecule has 0 atom stereocenters. The van der Waals surface area contributed by atoms with Crippen LogP contribution in [0.2, 0.25) is 0 Å². The molecule has 0 bridgehead atoms. The van der Waals surface area contributed by atoms with E-state index in [1.807, 2.05) is 49.1 Å². The van der Waals surface area contributed by atoms with Gasteiger partial charge < -0.3 is 15.1 Å². The van der Waals surface area contributed by atoms with E-state index in [0.717, 1.165) is 11.4 Å². The second-order valence-corrected chi connectivity index (χ2v) is 7.74. The molecule has 3 aromatic rings. The first-order chi connectivity index (χ1) is 15.4. The fourth-order valence-corrected chi connectivity index (χ4v) is 3.64. The number of nitrogens with zero attached hydrogens (tertiary/aromatic N) is 5. The van der Waals surface area contributed by atoms with Crippen LogP contribution in [-0.4, -0.2) is 51.9 Å². The summed E-state index contributed by atoms with van der Waals surface area (Å²) in [5.74, 6) is 0.969. The van der Waals surface area contributed by atoms with E-state index in [0.29, 0.717) is 37.9 Å². The quantitative estimate of drug-likeness (QED) is 0.484. The molecular weight excluding hydrogens is 408 g/mol. The highest BCUT2D eigenvalue weighted by Gasteiger charge is 2.28. The van der Waals surface area contributed by atoms with Gasteiger partial charge >= 0.3 is 0 Å². The van der Waals surface area contributed by atoms with Gasteiger partial charge in [0.2, 0.25) is 5.95 Å². The maximum absolute atomic E-state index is 12.9. The maximum atomic E-state index is 12.9. The Hall–Kier alpha value is -4.01. The van der Waals surface area contributed by atoms with Crippen molar-refractivity contribution in [3.63, 3.8) is 0 Å². The summed E-state index contributed by atoms with van der Waals surface area (Å²) in [5.41, 5.74) is 2.90. The van der Waals surface area contributed by atoms with Crippen LogP contribution in [0.4, 0.5) is 23.1 Å². The third kappa shape index (κ3) is 4.66. The Kier molecular flexibility index (Phi) is 5.98. The number of carbonyl (C=O) groups excluding carboxylic acids is 1. The number of aryl methyl sites for hydroxylation is 2. The summed E-state index contributed by atoms with van der Waals surface area (Å²) in [4.78, 5) is 36.5. The van der Waals surface area contributed by atoms with Crippen molar-refractivity contribution < 1.29 is 9.72 Å². The van der Waals surface area contributed by atoms with Crippen LogP contribution in [0, 0.1) is 24.0 Å². The topological polar surface area (TPSA) is 105 Å². The first-order valence-electron chi connectivity index (χ1n) is 10.4. The summed E-state index contributed by atoms with van der Waals surface area (Å²) < 4.78 is 0. The van der Waals surface area contributed by atoms with Gasteiger partial charge in [0, 0.05) is 49.7 Å². The lowest BCUT2D eigenvalue weighted by atomic mass is 10.1. The Bertz CT molecular complexity index is 1140. The van der Waals surface area contributed by atoms with Gasteiger partial charge in [0.25, 0.3) is 11.6 Å². The Balaban J connectivity index is 1.45. The SMILES string of the molecule is Cc1ccc(Nc2cc(C)nc(N3CCN(C(=O)c4ccccc4[N+](=O)[O-])CC3)n2)cc1. The van der Waals surface area contributed by atoms with Crippen LogP contribution in [0.15, 0.2) is 54.6 Å². The zero-order chi connectivity index (χ0) is 22.7. The summed E-state index contributed by atoms with van der Waals surface area (Å²) in [6, 6.07) is 16.0. The van der Waals surface area contributed by atoms with Crippen molar-refractivity contribution in [3.8, 4) is 0 Å². The molecule has 1 fully saturated rings. The second-order valence-electron chi connectivity index (χ2n) is 7.74. The Labute approximate surface area is 185 Å². The predicted octanol–water partition coefficient (Wildman–Crippen LogP) is 3.71. The van der Waals surface area contributed by atoms with Gasteiger partial charge in [-0.1, -0.05) is 29.8 Å². The van der Waals surface area contributed by atoms with E-state index in [9.17, 15) is 14.9 Å². The summed E-state index contributed by atoms with van der Waals surface area (Å²) in [6.45, 7) is 5.91. The van der Waals surface area contributed by atoms with Crippen LogP contribution >= 0.6 is 0 Å². The normalized spacial score (nSPS) is 13.7. The highest BCUT2D eigenvalue weighted by atomic mass is 16.6. The van der Waals surface area contributed by atoms with Crippen LogP contribution in [-0.2, 0) is 0 Å².